The Hall–Kier alpha value is -5.77. The van der Waals surface area contributed by atoms with E-state index in [0.717, 1.165) is 17.1 Å². The molecule has 7 amide bonds. The fourth-order valence-electron chi connectivity index (χ4n) is 6.26. The van der Waals surface area contributed by atoms with Crippen molar-refractivity contribution >= 4 is 63.1 Å². The van der Waals surface area contributed by atoms with E-state index in [2.05, 4.69) is 26.6 Å². The summed E-state index contributed by atoms with van der Waals surface area (Å²) in [4.78, 5) is 97.6. The quantitative estimate of drug-likeness (QED) is 0.0130. The largest absolute Gasteiger partial charge is 0.461 e. The average Bonchev–Trinajstić information content (AvgIpc) is 3.66. The average molecular weight is 1070 g/mol. The van der Waals surface area contributed by atoms with Gasteiger partial charge in [-0.3, -0.25) is 47.8 Å². The molecule has 0 radical (unpaired) electrons. The third-order valence-corrected chi connectivity index (χ3v) is 10.7. The Morgan fingerprint density at radius 3 is 1.95 bits per heavy atom. The number of rotatable bonds is 36. The second kappa shape index (κ2) is 33.1. The van der Waals surface area contributed by atoms with Crippen molar-refractivity contribution in [1.82, 2.24) is 26.2 Å². The number of imide groups is 1. The number of anilines is 1. The van der Waals surface area contributed by atoms with Crippen molar-refractivity contribution in [2.45, 2.75) is 69.5 Å². The topological polar surface area (TPSA) is 409 Å². The number of nitrogens with one attached hydrogen (secondary N) is 5. The highest BCUT2D eigenvalue weighted by Gasteiger charge is 2.45. The summed E-state index contributed by atoms with van der Waals surface area (Å²) in [6.45, 7) is 0.694. The first-order valence-electron chi connectivity index (χ1n) is 22.8. The lowest BCUT2D eigenvalue weighted by molar-refractivity contribution is -0.277. The van der Waals surface area contributed by atoms with E-state index in [1.54, 1.807) is 0 Å². The van der Waals surface area contributed by atoms with E-state index < -0.39 is 107 Å². The van der Waals surface area contributed by atoms with Gasteiger partial charge in [-0.15, -0.1) is 0 Å². The molecule has 3 rings (SSSR count). The van der Waals surface area contributed by atoms with Crippen LogP contribution in [-0.2, 0) is 88.2 Å². The Morgan fingerprint density at radius 1 is 0.712 bits per heavy atom. The summed E-state index contributed by atoms with van der Waals surface area (Å²) in [5, 5.41) is 52.3. The number of amides is 7. The molecule has 2 aliphatic heterocycles. The number of hydrogen-bond donors (Lipinski definition) is 10. The van der Waals surface area contributed by atoms with Crippen molar-refractivity contribution < 1.29 is 110 Å². The zero-order valence-corrected chi connectivity index (χ0v) is 40.7. The molecule has 0 aliphatic carbocycles. The van der Waals surface area contributed by atoms with Gasteiger partial charge in [0.15, 0.2) is 0 Å². The molecule has 410 valence electrons. The molecule has 1 aromatic carbocycles. The highest BCUT2D eigenvalue weighted by atomic mass is 32.2. The van der Waals surface area contributed by atoms with Gasteiger partial charge in [0.25, 0.3) is 21.9 Å². The van der Waals surface area contributed by atoms with E-state index in [9.17, 15) is 71.8 Å². The maximum atomic E-state index is 12.9. The molecule has 0 spiro atoms. The van der Waals surface area contributed by atoms with Gasteiger partial charge >= 0.3 is 5.97 Å². The van der Waals surface area contributed by atoms with E-state index in [4.69, 9.17) is 37.9 Å². The van der Waals surface area contributed by atoms with Gasteiger partial charge < -0.3 is 84.9 Å². The predicted octanol–water partition coefficient (Wildman–Crippen LogP) is -5.23. The number of hydrogen-bond acceptors (Lipinski definition) is 22. The van der Waals surface area contributed by atoms with Gasteiger partial charge in [0, 0.05) is 64.5 Å². The van der Waals surface area contributed by atoms with Crippen LogP contribution in [0.3, 0.4) is 0 Å². The van der Waals surface area contributed by atoms with Crippen LogP contribution in [0.2, 0.25) is 0 Å². The van der Waals surface area contributed by atoms with Crippen LogP contribution in [0.4, 0.5) is 5.69 Å². The van der Waals surface area contributed by atoms with Crippen molar-refractivity contribution in [3.63, 3.8) is 0 Å². The fraction of sp³-hybridized carbons (Fsp3) is 0.628. The predicted molar refractivity (Wildman–Crippen MR) is 246 cm³/mol. The van der Waals surface area contributed by atoms with E-state index in [1.807, 2.05) is 0 Å². The molecule has 29 nitrogen and oxygen atoms in total. The molecule has 1 aromatic rings. The molecule has 6 atom stereocenters. The third-order valence-electron chi connectivity index (χ3n) is 9.95. The van der Waals surface area contributed by atoms with Crippen LogP contribution >= 0.6 is 0 Å². The Balaban J connectivity index is 1.24. The Kier molecular flexibility index (Phi) is 27.9. The van der Waals surface area contributed by atoms with Crippen LogP contribution in [0.25, 0.3) is 0 Å². The smallest absolute Gasteiger partial charge is 0.302 e. The molecule has 73 heavy (non-hydrogen) atoms. The molecular weight excluding hydrogens is 1000 g/mol. The molecule has 2 heterocycles. The number of aliphatic hydroxyl groups excluding tert-OH is 4. The minimum absolute atomic E-state index is 0.00938. The molecule has 10 N–H and O–H groups in total. The van der Waals surface area contributed by atoms with Gasteiger partial charge in [-0.25, -0.2) is 0 Å². The monoisotopic (exact) mass is 1060 g/mol. The van der Waals surface area contributed by atoms with Crippen molar-refractivity contribution in [2.75, 3.05) is 110 Å². The maximum absolute atomic E-state index is 12.9. The van der Waals surface area contributed by atoms with Crippen molar-refractivity contribution in [3.8, 4) is 5.75 Å². The Labute approximate surface area is 419 Å². The zero-order chi connectivity index (χ0) is 53.8. The highest BCUT2D eigenvalue weighted by Crippen LogP contribution is 2.31. The third kappa shape index (κ3) is 24.7. The number of esters is 1. The minimum Gasteiger partial charge on any atom is -0.461 e. The summed E-state index contributed by atoms with van der Waals surface area (Å²) in [6, 6.07) is 2.55. The summed E-state index contributed by atoms with van der Waals surface area (Å²) in [7, 11) is -4.72. The normalized spacial score (nSPS) is 19.0. The van der Waals surface area contributed by atoms with E-state index in [0.29, 0.717) is 5.56 Å². The molecule has 0 unspecified atom stereocenters. The van der Waals surface area contributed by atoms with Crippen LogP contribution in [0.5, 0.6) is 5.75 Å². The lowest BCUT2D eigenvalue weighted by Gasteiger charge is -2.39. The van der Waals surface area contributed by atoms with Crippen LogP contribution < -0.4 is 31.3 Å². The van der Waals surface area contributed by atoms with Crippen molar-refractivity contribution in [1.29, 1.82) is 0 Å². The molecule has 1 saturated heterocycles. The first-order chi connectivity index (χ1) is 34.8. The number of carbonyl (C=O) groups excluding carboxylic acids is 8. The minimum atomic E-state index is -4.72. The molecule has 0 bridgehead atoms. The number of ether oxygens (including phenoxy) is 8. The standard InChI is InChI=1S/C43H64N6O23S/c1-27(51)70-24-28-2-3-31(71-43-41(60)40(59)39(58)32(23-50)72-43)29(22-28)47-34(53)6-9-44-36(55)25-69-15-11-46-42(61)30(26-73(62,63)64)48-35(54)8-13-65-16-18-67-20-21-68-19-17-66-14-10-45-33(52)7-12-49-37(56)4-5-38(49)57/h2-5,22,30,32,39-41,43,50,58-60H,6-21,23-26H2,1H3,(H,44,55)(H,45,52)(H,46,61)(H,47,53)(H,48,54)(H,62,63,64)/t30-,32-,39+,40+,41-,43-/m1/s1. The summed E-state index contributed by atoms with van der Waals surface area (Å²) in [5.41, 5.74) is 0.431. The van der Waals surface area contributed by atoms with Crippen molar-refractivity contribution in [2.24, 2.45) is 0 Å². The molecule has 0 saturated carbocycles. The number of aliphatic hydroxyl groups is 4. The second-order valence-corrected chi connectivity index (χ2v) is 17.2. The van der Waals surface area contributed by atoms with E-state index in [1.165, 1.54) is 25.1 Å². The van der Waals surface area contributed by atoms with Gasteiger partial charge in [-0.1, -0.05) is 6.07 Å². The Bertz CT molecular complexity index is 2110. The molecular formula is C43H64N6O23S. The van der Waals surface area contributed by atoms with Gasteiger partial charge in [-0.2, -0.15) is 8.42 Å². The van der Waals surface area contributed by atoms with Gasteiger partial charge in [-0.05, 0) is 17.7 Å². The van der Waals surface area contributed by atoms with E-state index in [-0.39, 0.29) is 129 Å². The molecule has 1 fully saturated rings. The van der Waals surface area contributed by atoms with Crippen LogP contribution in [-0.4, -0.2) is 227 Å². The lowest BCUT2D eigenvalue weighted by atomic mass is 9.99. The first kappa shape index (κ1) is 61.5. The summed E-state index contributed by atoms with van der Waals surface area (Å²) < 4.78 is 75.2. The van der Waals surface area contributed by atoms with Gasteiger partial charge in [0.05, 0.1) is 71.8 Å². The zero-order valence-electron chi connectivity index (χ0n) is 39.9. The SMILES string of the molecule is CC(=O)OCc1ccc(O[C@@H]2O[C@H](CO)[C@H](O)[C@H](O)[C@H]2O)c(NC(=O)CCNC(=O)COCCNC(=O)[C@@H](CS(=O)(=O)O)NC(=O)CCOCCOCCOCCOCCNC(=O)CCN2C(=O)C=CC2=O)c1. The molecule has 2 aliphatic rings. The fourth-order valence-corrected chi connectivity index (χ4v) is 6.91. The summed E-state index contributed by atoms with van der Waals surface area (Å²) >= 11 is 0. The number of benzene rings is 1. The van der Waals surface area contributed by atoms with Gasteiger partial charge in [0.2, 0.25) is 35.8 Å². The highest BCUT2D eigenvalue weighted by molar-refractivity contribution is 7.85. The van der Waals surface area contributed by atoms with Crippen LogP contribution in [0.1, 0.15) is 31.7 Å². The van der Waals surface area contributed by atoms with Crippen LogP contribution in [0, 0.1) is 0 Å². The van der Waals surface area contributed by atoms with E-state index >= 15 is 0 Å². The second-order valence-electron chi connectivity index (χ2n) is 15.7. The first-order valence-corrected chi connectivity index (χ1v) is 24.4. The molecule has 0 aromatic heterocycles. The number of nitrogens with zero attached hydrogens (tertiary/aromatic N) is 1. The molecule has 30 heteroatoms. The summed E-state index contributed by atoms with van der Waals surface area (Å²) in [6.07, 6.45) is -6.28. The van der Waals surface area contributed by atoms with Gasteiger partial charge in [0.1, 0.15) is 55.2 Å². The van der Waals surface area contributed by atoms with Crippen LogP contribution in [0.15, 0.2) is 30.4 Å². The summed E-state index contributed by atoms with van der Waals surface area (Å²) in [5.74, 6) is -6.05. The Morgan fingerprint density at radius 2 is 1.32 bits per heavy atom. The van der Waals surface area contributed by atoms with Crippen molar-refractivity contribution in [3.05, 3.63) is 35.9 Å². The maximum Gasteiger partial charge on any atom is 0.302 e. The number of carbonyl (C=O) groups is 8. The lowest BCUT2D eigenvalue weighted by Crippen LogP contribution is -2.60.